The zero-order valence-electron chi connectivity index (χ0n) is 12.5. The number of aromatic nitrogens is 3. The average Bonchev–Trinajstić information content (AvgIpc) is 2.98. The van der Waals surface area contributed by atoms with Crippen molar-refractivity contribution in [3.05, 3.63) is 36.7 Å². The maximum Gasteiger partial charge on any atom is 0.142 e. The van der Waals surface area contributed by atoms with E-state index in [1.54, 1.807) is 26.6 Å². The van der Waals surface area contributed by atoms with E-state index < -0.39 is 0 Å². The number of methoxy groups -OCH3 is 2. The van der Waals surface area contributed by atoms with Gasteiger partial charge in [0.05, 0.1) is 31.0 Å². The van der Waals surface area contributed by atoms with Gasteiger partial charge in [0.25, 0.3) is 0 Å². The van der Waals surface area contributed by atoms with Crippen LogP contribution in [0.3, 0.4) is 0 Å². The first-order chi connectivity index (χ1) is 10.8. The van der Waals surface area contributed by atoms with E-state index >= 15 is 0 Å². The van der Waals surface area contributed by atoms with E-state index in [-0.39, 0.29) is 0 Å². The zero-order chi connectivity index (χ0) is 15.4. The molecule has 0 atom stereocenters. The Bertz CT molecular complexity index is 737. The largest absolute Gasteiger partial charge is 0.497 e. The summed E-state index contributed by atoms with van der Waals surface area (Å²) in [6.45, 7) is 0.971. The Morgan fingerprint density at radius 1 is 1.14 bits per heavy atom. The number of H-pyrrole nitrogens is 1. The molecular formula is C16H17N3O3. The molecule has 2 heterocycles. The quantitative estimate of drug-likeness (QED) is 0.709. The minimum atomic E-state index is 0.457. The molecule has 2 aromatic heterocycles. The number of fused-ring (bicyclic) bond motifs is 1. The number of hydrogen-bond acceptors (Lipinski definition) is 5. The van der Waals surface area contributed by atoms with Gasteiger partial charge in [-0.25, -0.2) is 4.98 Å². The summed E-state index contributed by atoms with van der Waals surface area (Å²) in [5.74, 6) is 2.16. The molecule has 0 bridgehead atoms. The number of imidazole rings is 1. The Kier molecular flexibility index (Phi) is 4.20. The zero-order valence-corrected chi connectivity index (χ0v) is 12.5. The molecule has 6 heteroatoms. The molecule has 0 aliphatic heterocycles. The van der Waals surface area contributed by atoms with Crippen LogP contribution in [0.5, 0.6) is 11.5 Å². The number of ether oxygens (including phenoxy) is 3. The van der Waals surface area contributed by atoms with Crippen LogP contribution < -0.4 is 9.47 Å². The van der Waals surface area contributed by atoms with E-state index in [9.17, 15) is 0 Å². The van der Waals surface area contributed by atoms with E-state index in [1.165, 1.54) is 0 Å². The first-order valence-electron chi connectivity index (χ1n) is 6.91. The topological polar surface area (TPSA) is 69.3 Å². The number of aromatic amines is 1. The summed E-state index contributed by atoms with van der Waals surface area (Å²) in [5.41, 5.74) is 2.62. The lowest BCUT2D eigenvalue weighted by Gasteiger charge is -2.11. The number of benzene rings is 1. The highest BCUT2D eigenvalue weighted by Crippen LogP contribution is 2.32. The highest BCUT2D eigenvalue weighted by Gasteiger charge is 2.12. The van der Waals surface area contributed by atoms with Crippen LogP contribution in [0.4, 0.5) is 0 Å². The highest BCUT2D eigenvalue weighted by atomic mass is 16.5. The van der Waals surface area contributed by atoms with Gasteiger partial charge in [-0.3, -0.25) is 4.98 Å². The molecular weight excluding hydrogens is 282 g/mol. The van der Waals surface area contributed by atoms with E-state index in [0.29, 0.717) is 19.0 Å². The predicted molar refractivity (Wildman–Crippen MR) is 83.2 cm³/mol. The maximum absolute atomic E-state index is 5.79. The van der Waals surface area contributed by atoms with Crippen molar-refractivity contribution < 1.29 is 14.2 Å². The van der Waals surface area contributed by atoms with Crippen LogP contribution in [-0.2, 0) is 4.74 Å². The Morgan fingerprint density at radius 2 is 2.05 bits per heavy atom. The lowest BCUT2D eigenvalue weighted by Crippen LogP contribution is -2.05. The molecule has 6 nitrogen and oxygen atoms in total. The SMILES string of the molecule is COCCOc1cc(OC)ccc1-c1nc2cnccc2[nH]1. The van der Waals surface area contributed by atoms with Crippen molar-refractivity contribution in [1.29, 1.82) is 0 Å². The van der Waals surface area contributed by atoms with Crippen molar-refractivity contribution in [3.8, 4) is 22.9 Å². The Labute approximate surface area is 128 Å². The van der Waals surface area contributed by atoms with Crippen LogP contribution in [0.2, 0.25) is 0 Å². The number of nitrogens with one attached hydrogen (secondary N) is 1. The fourth-order valence-corrected chi connectivity index (χ4v) is 2.16. The third kappa shape index (κ3) is 2.87. The van der Waals surface area contributed by atoms with Crippen LogP contribution in [0.15, 0.2) is 36.7 Å². The summed E-state index contributed by atoms with van der Waals surface area (Å²) < 4.78 is 16.1. The van der Waals surface area contributed by atoms with Crippen molar-refractivity contribution in [2.45, 2.75) is 0 Å². The van der Waals surface area contributed by atoms with Gasteiger partial charge in [-0.2, -0.15) is 0 Å². The minimum Gasteiger partial charge on any atom is -0.497 e. The lowest BCUT2D eigenvalue weighted by atomic mass is 10.2. The van der Waals surface area contributed by atoms with Gasteiger partial charge in [-0.05, 0) is 18.2 Å². The summed E-state index contributed by atoms with van der Waals surface area (Å²) in [6.07, 6.45) is 3.46. The molecule has 3 rings (SSSR count). The Balaban J connectivity index is 2.00. The molecule has 0 spiro atoms. The number of nitrogens with zero attached hydrogens (tertiary/aromatic N) is 2. The highest BCUT2D eigenvalue weighted by molar-refractivity contribution is 5.80. The second-order valence-corrected chi connectivity index (χ2v) is 4.68. The molecule has 0 amide bonds. The molecule has 1 N–H and O–H groups in total. The fourth-order valence-electron chi connectivity index (χ4n) is 2.16. The molecule has 22 heavy (non-hydrogen) atoms. The van der Waals surface area contributed by atoms with Gasteiger partial charge < -0.3 is 19.2 Å². The van der Waals surface area contributed by atoms with E-state index in [2.05, 4.69) is 15.0 Å². The second-order valence-electron chi connectivity index (χ2n) is 4.68. The van der Waals surface area contributed by atoms with Gasteiger partial charge in [-0.1, -0.05) is 0 Å². The normalized spacial score (nSPS) is 10.8. The monoisotopic (exact) mass is 299 g/mol. The van der Waals surface area contributed by atoms with Crippen molar-refractivity contribution in [2.24, 2.45) is 0 Å². The van der Waals surface area contributed by atoms with Gasteiger partial charge in [0, 0.05) is 19.4 Å². The second kappa shape index (κ2) is 6.44. The standard InChI is InChI=1S/C16H17N3O3/c1-20-7-8-22-15-9-11(21-2)3-4-12(15)16-18-13-5-6-17-10-14(13)19-16/h3-6,9-10H,7-8H2,1-2H3,(H,18,19). The van der Waals surface area contributed by atoms with Crippen molar-refractivity contribution in [2.75, 3.05) is 27.4 Å². The first-order valence-corrected chi connectivity index (χ1v) is 6.91. The third-order valence-corrected chi connectivity index (χ3v) is 3.27. The van der Waals surface area contributed by atoms with Gasteiger partial charge in [0.2, 0.25) is 0 Å². The van der Waals surface area contributed by atoms with Gasteiger partial charge >= 0.3 is 0 Å². The smallest absolute Gasteiger partial charge is 0.142 e. The van der Waals surface area contributed by atoms with Gasteiger partial charge in [0.1, 0.15) is 29.4 Å². The van der Waals surface area contributed by atoms with E-state index in [0.717, 1.165) is 28.2 Å². The molecule has 0 unspecified atom stereocenters. The fraction of sp³-hybridized carbons (Fsp3) is 0.250. The van der Waals surface area contributed by atoms with Crippen LogP contribution >= 0.6 is 0 Å². The van der Waals surface area contributed by atoms with Crippen molar-refractivity contribution in [3.63, 3.8) is 0 Å². The van der Waals surface area contributed by atoms with Crippen LogP contribution in [0, 0.1) is 0 Å². The Hall–Kier alpha value is -2.60. The lowest BCUT2D eigenvalue weighted by molar-refractivity contribution is 0.146. The number of rotatable bonds is 6. The summed E-state index contributed by atoms with van der Waals surface area (Å²) in [4.78, 5) is 11.9. The number of pyridine rings is 1. The Morgan fingerprint density at radius 3 is 2.82 bits per heavy atom. The van der Waals surface area contributed by atoms with Gasteiger partial charge in [-0.15, -0.1) is 0 Å². The van der Waals surface area contributed by atoms with Crippen LogP contribution in [-0.4, -0.2) is 42.4 Å². The van der Waals surface area contributed by atoms with E-state index in [1.807, 2.05) is 24.3 Å². The molecule has 114 valence electrons. The van der Waals surface area contributed by atoms with Crippen LogP contribution in [0.25, 0.3) is 22.4 Å². The first kappa shape index (κ1) is 14.3. The van der Waals surface area contributed by atoms with Crippen molar-refractivity contribution >= 4 is 11.0 Å². The third-order valence-electron chi connectivity index (χ3n) is 3.27. The summed E-state index contributed by atoms with van der Waals surface area (Å²) in [5, 5.41) is 0. The van der Waals surface area contributed by atoms with Crippen LogP contribution in [0.1, 0.15) is 0 Å². The van der Waals surface area contributed by atoms with Gasteiger partial charge in [0.15, 0.2) is 0 Å². The molecule has 1 aromatic carbocycles. The summed E-state index contributed by atoms with van der Waals surface area (Å²) >= 11 is 0. The predicted octanol–water partition coefficient (Wildman–Crippen LogP) is 2.66. The molecule has 0 saturated heterocycles. The molecule has 0 aliphatic rings. The molecule has 0 saturated carbocycles. The van der Waals surface area contributed by atoms with Crippen molar-refractivity contribution in [1.82, 2.24) is 15.0 Å². The molecule has 3 aromatic rings. The summed E-state index contributed by atoms with van der Waals surface area (Å²) in [7, 11) is 3.27. The molecule has 0 radical (unpaired) electrons. The average molecular weight is 299 g/mol. The molecule has 0 fully saturated rings. The summed E-state index contributed by atoms with van der Waals surface area (Å²) in [6, 6.07) is 7.54. The number of hydrogen-bond donors (Lipinski definition) is 1. The molecule has 0 aliphatic carbocycles. The van der Waals surface area contributed by atoms with E-state index in [4.69, 9.17) is 14.2 Å². The minimum absolute atomic E-state index is 0.457. The maximum atomic E-state index is 5.79.